The lowest BCUT2D eigenvalue weighted by atomic mass is 10.2. The second-order valence-corrected chi connectivity index (χ2v) is 5.06. The van der Waals surface area contributed by atoms with Crippen molar-refractivity contribution in [3.8, 4) is 0 Å². The maximum Gasteiger partial charge on any atom is 0.355 e. The number of carboxylic acids is 1. The Hall–Kier alpha value is -1.70. The minimum atomic E-state index is -4.71. The van der Waals surface area contributed by atoms with Crippen LogP contribution < -0.4 is 4.31 Å². The number of hydrogen-bond acceptors (Lipinski definition) is 3. The van der Waals surface area contributed by atoms with E-state index >= 15 is 0 Å². The van der Waals surface area contributed by atoms with Crippen LogP contribution in [0.1, 0.15) is 10.4 Å². The molecule has 8 heteroatoms. The highest BCUT2D eigenvalue weighted by molar-refractivity contribution is 7.93. The van der Waals surface area contributed by atoms with Gasteiger partial charge in [-0.1, -0.05) is 0 Å². The zero-order chi connectivity index (χ0) is 13.2. The number of benzene rings is 1. The van der Waals surface area contributed by atoms with E-state index in [4.69, 9.17) is 5.11 Å². The summed E-state index contributed by atoms with van der Waals surface area (Å²) in [5, 5.41) is 8.61. The van der Waals surface area contributed by atoms with Gasteiger partial charge in [0, 0.05) is 7.05 Å². The number of nitrogens with zero attached hydrogens (tertiary/aromatic N) is 1. The van der Waals surface area contributed by atoms with Crippen LogP contribution in [0.5, 0.6) is 0 Å². The van der Waals surface area contributed by atoms with Crippen molar-refractivity contribution in [3.63, 3.8) is 0 Å². The first kappa shape index (κ1) is 13.4. The second-order valence-electron chi connectivity index (χ2n) is 3.13. The molecule has 0 amide bonds. The SMILES string of the molecule is CN(c1ccc(C(=O)O)cc1)S(=O)(=O)C(F)F. The number of carbonyl (C=O) groups is 1. The van der Waals surface area contributed by atoms with Gasteiger partial charge in [0.1, 0.15) is 0 Å². The minimum Gasteiger partial charge on any atom is -0.478 e. The number of hydrogen-bond donors (Lipinski definition) is 1. The molecular formula is C9H9F2NO4S. The Balaban J connectivity index is 3.06. The number of sulfonamides is 1. The third-order valence-corrected chi connectivity index (χ3v) is 3.51. The molecule has 0 aliphatic carbocycles. The molecule has 0 aliphatic rings. The summed E-state index contributed by atoms with van der Waals surface area (Å²) < 4.78 is 47.1. The van der Waals surface area contributed by atoms with Crippen LogP contribution in [-0.4, -0.2) is 32.3 Å². The van der Waals surface area contributed by atoms with Crippen molar-refractivity contribution in [2.45, 2.75) is 5.76 Å². The van der Waals surface area contributed by atoms with E-state index in [1.165, 1.54) is 0 Å². The van der Waals surface area contributed by atoms with Crippen molar-refractivity contribution < 1.29 is 27.1 Å². The van der Waals surface area contributed by atoms with Crippen LogP contribution in [0.2, 0.25) is 0 Å². The standard InChI is InChI=1S/C9H9F2NO4S/c1-12(17(15,16)9(10)11)7-4-2-6(3-5-7)8(13)14/h2-5,9H,1H3,(H,13,14). The van der Waals surface area contributed by atoms with E-state index in [-0.39, 0.29) is 11.3 Å². The van der Waals surface area contributed by atoms with Crippen molar-refractivity contribution in [3.05, 3.63) is 29.8 Å². The van der Waals surface area contributed by atoms with Gasteiger partial charge in [0.2, 0.25) is 0 Å². The van der Waals surface area contributed by atoms with Crippen molar-refractivity contribution in [1.29, 1.82) is 0 Å². The van der Waals surface area contributed by atoms with Crippen molar-refractivity contribution in [1.82, 2.24) is 0 Å². The Labute approximate surface area is 96.3 Å². The van der Waals surface area contributed by atoms with Crippen LogP contribution in [0, 0.1) is 0 Å². The van der Waals surface area contributed by atoms with Gasteiger partial charge in [-0.2, -0.15) is 8.78 Å². The molecule has 0 fully saturated rings. The zero-order valence-electron chi connectivity index (χ0n) is 8.67. The maximum atomic E-state index is 12.2. The van der Waals surface area contributed by atoms with Gasteiger partial charge in [0.05, 0.1) is 11.3 Å². The summed E-state index contributed by atoms with van der Waals surface area (Å²) in [5.74, 6) is -4.71. The normalized spacial score (nSPS) is 11.5. The molecule has 0 heterocycles. The molecule has 0 spiro atoms. The molecule has 0 aromatic heterocycles. The molecule has 0 bridgehead atoms. The first-order valence-corrected chi connectivity index (χ1v) is 5.86. The smallest absolute Gasteiger partial charge is 0.355 e. The minimum absolute atomic E-state index is 0.0321. The third-order valence-electron chi connectivity index (χ3n) is 2.08. The summed E-state index contributed by atoms with van der Waals surface area (Å²) in [6, 6.07) is 4.55. The quantitative estimate of drug-likeness (QED) is 0.892. The first-order valence-electron chi connectivity index (χ1n) is 4.36. The van der Waals surface area contributed by atoms with Crippen LogP contribution in [0.4, 0.5) is 14.5 Å². The van der Waals surface area contributed by atoms with Gasteiger partial charge in [0.25, 0.3) is 10.0 Å². The predicted molar refractivity (Wildman–Crippen MR) is 56.7 cm³/mol. The molecule has 0 saturated carbocycles. The van der Waals surface area contributed by atoms with E-state index < -0.39 is 21.8 Å². The highest BCUT2D eigenvalue weighted by Crippen LogP contribution is 2.20. The van der Waals surface area contributed by atoms with Crippen LogP contribution >= 0.6 is 0 Å². The van der Waals surface area contributed by atoms with Gasteiger partial charge in [-0.15, -0.1) is 0 Å². The first-order chi connectivity index (χ1) is 7.76. The molecule has 1 rings (SSSR count). The molecule has 1 N–H and O–H groups in total. The lowest BCUT2D eigenvalue weighted by molar-refractivity contribution is 0.0697. The molecule has 0 atom stereocenters. The Kier molecular flexibility index (Phi) is 3.66. The number of anilines is 1. The Bertz CT molecular complexity index is 512. The van der Waals surface area contributed by atoms with Crippen molar-refractivity contribution >= 4 is 21.7 Å². The Morgan fingerprint density at radius 2 is 1.76 bits per heavy atom. The van der Waals surface area contributed by atoms with Gasteiger partial charge < -0.3 is 5.11 Å². The summed E-state index contributed by atoms with van der Waals surface area (Å²) in [7, 11) is -3.74. The second kappa shape index (κ2) is 4.66. The number of alkyl halides is 2. The van der Waals surface area contributed by atoms with E-state index in [0.717, 1.165) is 31.3 Å². The highest BCUT2D eigenvalue weighted by atomic mass is 32.2. The lowest BCUT2D eigenvalue weighted by Crippen LogP contribution is -2.31. The molecule has 17 heavy (non-hydrogen) atoms. The zero-order valence-corrected chi connectivity index (χ0v) is 9.49. The van der Waals surface area contributed by atoms with Gasteiger partial charge in [-0.25, -0.2) is 13.2 Å². The Morgan fingerprint density at radius 1 is 1.29 bits per heavy atom. The summed E-state index contributed by atoms with van der Waals surface area (Å²) >= 11 is 0. The van der Waals surface area contributed by atoms with E-state index in [9.17, 15) is 22.0 Å². The fourth-order valence-electron chi connectivity index (χ4n) is 1.08. The van der Waals surface area contributed by atoms with Crippen LogP contribution in [0.25, 0.3) is 0 Å². The topological polar surface area (TPSA) is 74.7 Å². The molecule has 0 aliphatic heterocycles. The monoisotopic (exact) mass is 265 g/mol. The van der Waals surface area contributed by atoms with E-state index in [2.05, 4.69) is 0 Å². The van der Waals surface area contributed by atoms with Gasteiger partial charge in [0.15, 0.2) is 0 Å². The number of carboxylic acid groups (broad SMARTS) is 1. The highest BCUT2D eigenvalue weighted by Gasteiger charge is 2.29. The fraction of sp³-hybridized carbons (Fsp3) is 0.222. The number of rotatable bonds is 4. The molecule has 0 saturated heterocycles. The van der Waals surface area contributed by atoms with Gasteiger partial charge in [-0.3, -0.25) is 4.31 Å². The van der Waals surface area contributed by atoms with Crippen LogP contribution in [0.3, 0.4) is 0 Å². The molecule has 0 unspecified atom stereocenters. The average molecular weight is 265 g/mol. The fourth-order valence-corrected chi connectivity index (χ4v) is 1.73. The number of halogens is 2. The summed E-state index contributed by atoms with van der Waals surface area (Å²) in [6.45, 7) is 0. The van der Waals surface area contributed by atoms with Crippen molar-refractivity contribution in [2.75, 3.05) is 11.4 Å². The molecule has 1 aromatic carbocycles. The molecule has 5 nitrogen and oxygen atoms in total. The van der Waals surface area contributed by atoms with Gasteiger partial charge >= 0.3 is 11.7 Å². The maximum absolute atomic E-state index is 12.2. The van der Waals surface area contributed by atoms with Gasteiger partial charge in [-0.05, 0) is 24.3 Å². The van der Waals surface area contributed by atoms with Crippen molar-refractivity contribution in [2.24, 2.45) is 0 Å². The average Bonchev–Trinajstić information content (AvgIpc) is 2.27. The molecule has 94 valence electrons. The lowest BCUT2D eigenvalue weighted by Gasteiger charge is -2.18. The van der Waals surface area contributed by atoms with E-state index in [1.54, 1.807) is 0 Å². The molecule has 1 aromatic rings. The predicted octanol–water partition coefficient (Wildman–Crippen LogP) is 1.37. The summed E-state index contributed by atoms with van der Waals surface area (Å²) in [5.41, 5.74) is -0.0908. The van der Waals surface area contributed by atoms with E-state index in [0.29, 0.717) is 4.31 Å². The van der Waals surface area contributed by atoms with Crippen LogP contribution in [0.15, 0.2) is 24.3 Å². The summed E-state index contributed by atoms with van der Waals surface area (Å²) in [4.78, 5) is 10.5. The number of aromatic carboxylic acids is 1. The largest absolute Gasteiger partial charge is 0.478 e. The third kappa shape index (κ3) is 2.70. The Morgan fingerprint density at radius 3 is 2.12 bits per heavy atom. The van der Waals surface area contributed by atoms with Crippen LogP contribution in [-0.2, 0) is 10.0 Å². The van der Waals surface area contributed by atoms with E-state index in [1.807, 2.05) is 0 Å². The molecule has 0 radical (unpaired) electrons. The molecular weight excluding hydrogens is 256 g/mol. The summed E-state index contributed by atoms with van der Waals surface area (Å²) in [6.07, 6.45) is 0.